The summed E-state index contributed by atoms with van der Waals surface area (Å²) >= 11 is 1.05. The fourth-order valence-electron chi connectivity index (χ4n) is 1.15. The van der Waals surface area contributed by atoms with E-state index in [1.54, 1.807) is 0 Å². The summed E-state index contributed by atoms with van der Waals surface area (Å²) in [4.78, 5) is 14.2. The number of benzene rings is 1. The van der Waals surface area contributed by atoms with Gasteiger partial charge < -0.3 is 0 Å². The molecule has 0 fully saturated rings. The topological polar surface area (TPSA) is 30.0 Å². The molecule has 0 saturated carbocycles. The van der Waals surface area contributed by atoms with E-state index in [0.717, 1.165) is 23.5 Å². The molecule has 1 aromatic carbocycles. The molecular weight excluding hydrogens is 239 g/mol. The predicted octanol–water partition coefficient (Wildman–Crippen LogP) is 3.04. The monoisotopic (exact) mass is 243 g/mol. The van der Waals surface area contributed by atoms with Crippen LogP contribution in [0.3, 0.4) is 0 Å². The SMILES string of the molecule is O=Cc1csc(-c2cc(F)c(F)c(F)c2)n1. The van der Waals surface area contributed by atoms with Crippen molar-refractivity contribution < 1.29 is 18.0 Å². The van der Waals surface area contributed by atoms with Crippen LogP contribution in [0.1, 0.15) is 10.5 Å². The van der Waals surface area contributed by atoms with Crippen LogP contribution < -0.4 is 0 Å². The van der Waals surface area contributed by atoms with Crippen molar-refractivity contribution in [1.29, 1.82) is 0 Å². The molecule has 16 heavy (non-hydrogen) atoms. The van der Waals surface area contributed by atoms with E-state index in [-0.39, 0.29) is 16.3 Å². The summed E-state index contributed by atoms with van der Waals surface area (Å²) < 4.78 is 38.5. The van der Waals surface area contributed by atoms with Gasteiger partial charge in [0.2, 0.25) is 0 Å². The lowest BCUT2D eigenvalue weighted by Crippen LogP contribution is -1.91. The lowest BCUT2D eigenvalue weighted by Gasteiger charge is -1.99. The molecule has 0 bridgehead atoms. The van der Waals surface area contributed by atoms with Gasteiger partial charge in [0.1, 0.15) is 10.7 Å². The van der Waals surface area contributed by atoms with Gasteiger partial charge in [-0.05, 0) is 12.1 Å². The van der Waals surface area contributed by atoms with Gasteiger partial charge in [0.05, 0.1) is 0 Å². The molecule has 0 N–H and O–H groups in total. The fourth-order valence-corrected chi connectivity index (χ4v) is 1.90. The van der Waals surface area contributed by atoms with Crippen LogP contribution in [0.15, 0.2) is 17.5 Å². The first-order chi connectivity index (χ1) is 7.61. The molecular formula is C10H4F3NOS. The maximum atomic E-state index is 12.9. The minimum absolute atomic E-state index is 0.106. The molecule has 0 saturated heterocycles. The Morgan fingerprint density at radius 1 is 1.19 bits per heavy atom. The van der Waals surface area contributed by atoms with E-state index in [1.807, 2.05) is 0 Å². The molecule has 6 heteroatoms. The average molecular weight is 243 g/mol. The van der Waals surface area contributed by atoms with Crippen molar-refractivity contribution in [3.8, 4) is 10.6 Å². The van der Waals surface area contributed by atoms with Gasteiger partial charge in [0.15, 0.2) is 23.7 Å². The lowest BCUT2D eigenvalue weighted by atomic mass is 10.2. The molecule has 0 radical (unpaired) electrons. The maximum Gasteiger partial charge on any atom is 0.194 e. The minimum Gasteiger partial charge on any atom is -0.296 e. The number of rotatable bonds is 2. The van der Waals surface area contributed by atoms with Crippen molar-refractivity contribution in [3.05, 3.63) is 40.7 Å². The van der Waals surface area contributed by atoms with Crippen LogP contribution in [-0.2, 0) is 0 Å². The van der Waals surface area contributed by atoms with E-state index >= 15 is 0 Å². The second-order valence-corrected chi connectivity index (χ2v) is 3.81. The molecule has 0 aliphatic carbocycles. The van der Waals surface area contributed by atoms with Crippen LogP contribution in [0.25, 0.3) is 10.6 Å². The molecule has 0 amide bonds. The number of hydrogen-bond donors (Lipinski definition) is 0. The molecule has 0 atom stereocenters. The van der Waals surface area contributed by atoms with Crippen LogP contribution in [0.5, 0.6) is 0 Å². The maximum absolute atomic E-state index is 12.9. The van der Waals surface area contributed by atoms with Gasteiger partial charge in [-0.2, -0.15) is 0 Å². The quantitative estimate of drug-likeness (QED) is 0.599. The van der Waals surface area contributed by atoms with Gasteiger partial charge in [-0.25, -0.2) is 18.2 Å². The van der Waals surface area contributed by atoms with E-state index in [1.165, 1.54) is 5.38 Å². The zero-order chi connectivity index (χ0) is 11.7. The molecule has 0 aliphatic rings. The Balaban J connectivity index is 2.52. The first-order valence-corrected chi connectivity index (χ1v) is 5.05. The number of hydrogen-bond acceptors (Lipinski definition) is 3. The molecule has 1 aromatic heterocycles. The van der Waals surface area contributed by atoms with Gasteiger partial charge >= 0.3 is 0 Å². The first kappa shape index (κ1) is 10.8. The zero-order valence-electron chi connectivity index (χ0n) is 7.71. The number of carbonyl (C=O) groups is 1. The normalized spacial score (nSPS) is 10.4. The predicted molar refractivity (Wildman–Crippen MR) is 52.8 cm³/mol. The molecule has 0 aliphatic heterocycles. The molecule has 2 rings (SSSR count). The number of aromatic nitrogens is 1. The van der Waals surface area contributed by atoms with Crippen molar-refractivity contribution in [3.63, 3.8) is 0 Å². The van der Waals surface area contributed by atoms with Crippen molar-refractivity contribution in [2.75, 3.05) is 0 Å². The van der Waals surface area contributed by atoms with Gasteiger partial charge in [0, 0.05) is 10.9 Å². The minimum atomic E-state index is -1.52. The Hall–Kier alpha value is -1.69. The number of aldehydes is 1. The van der Waals surface area contributed by atoms with Crippen LogP contribution in [-0.4, -0.2) is 11.3 Å². The number of halogens is 3. The van der Waals surface area contributed by atoms with Crippen molar-refractivity contribution in [2.24, 2.45) is 0 Å². The van der Waals surface area contributed by atoms with Crippen molar-refractivity contribution in [2.45, 2.75) is 0 Å². The highest BCUT2D eigenvalue weighted by Crippen LogP contribution is 2.26. The Morgan fingerprint density at radius 3 is 2.31 bits per heavy atom. The van der Waals surface area contributed by atoms with E-state index in [4.69, 9.17) is 0 Å². The molecule has 82 valence electrons. The summed E-state index contributed by atoms with van der Waals surface area (Å²) in [6.45, 7) is 0. The Kier molecular flexibility index (Phi) is 2.74. The first-order valence-electron chi connectivity index (χ1n) is 4.17. The summed E-state index contributed by atoms with van der Waals surface area (Å²) in [6, 6.07) is 1.68. The van der Waals surface area contributed by atoms with Crippen molar-refractivity contribution >= 4 is 17.6 Å². The van der Waals surface area contributed by atoms with E-state index in [9.17, 15) is 18.0 Å². The van der Waals surface area contributed by atoms with Crippen molar-refractivity contribution in [1.82, 2.24) is 4.98 Å². The van der Waals surface area contributed by atoms with Crippen LogP contribution in [0.4, 0.5) is 13.2 Å². The molecule has 1 heterocycles. The third-order valence-electron chi connectivity index (χ3n) is 1.87. The second-order valence-electron chi connectivity index (χ2n) is 2.95. The summed E-state index contributed by atoms with van der Waals surface area (Å²) in [5.74, 6) is -4.08. The number of carbonyl (C=O) groups excluding carboxylic acids is 1. The van der Waals surface area contributed by atoms with Gasteiger partial charge in [-0.1, -0.05) is 0 Å². The molecule has 2 nitrogen and oxygen atoms in total. The number of nitrogens with zero attached hydrogens (tertiary/aromatic N) is 1. The smallest absolute Gasteiger partial charge is 0.194 e. The molecule has 2 aromatic rings. The standard InChI is InChI=1S/C10H4F3NOS/c11-7-1-5(2-8(12)9(7)13)10-14-6(3-15)4-16-10/h1-4H. The highest BCUT2D eigenvalue weighted by atomic mass is 32.1. The zero-order valence-corrected chi connectivity index (χ0v) is 8.52. The molecule has 0 spiro atoms. The van der Waals surface area contributed by atoms with E-state index in [0.29, 0.717) is 6.29 Å². The Bertz CT molecular complexity index is 530. The van der Waals surface area contributed by atoms with Crippen LogP contribution in [0.2, 0.25) is 0 Å². The summed E-state index contributed by atoms with van der Waals surface area (Å²) in [5, 5.41) is 1.71. The average Bonchev–Trinajstić information content (AvgIpc) is 2.73. The van der Waals surface area contributed by atoms with E-state index < -0.39 is 17.5 Å². The third-order valence-corrected chi connectivity index (χ3v) is 2.78. The highest BCUT2D eigenvalue weighted by molar-refractivity contribution is 7.13. The summed E-state index contributed by atoms with van der Waals surface area (Å²) in [7, 11) is 0. The van der Waals surface area contributed by atoms with Crippen LogP contribution >= 0.6 is 11.3 Å². The van der Waals surface area contributed by atoms with Gasteiger partial charge in [0.25, 0.3) is 0 Å². The summed E-state index contributed by atoms with van der Waals surface area (Å²) in [6.07, 6.45) is 0.524. The number of thiazole rings is 1. The van der Waals surface area contributed by atoms with Gasteiger partial charge in [-0.15, -0.1) is 11.3 Å². The largest absolute Gasteiger partial charge is 0.296 e. The summed E-state index contributed by atoms with van der Waals surface area (Å²) in [5.41, 5.74) is 0.277. The van der Waals surface area contributed by atoms with E-state index in [2.05, 4.69) is 4.98 Å². The highest BCUT2D eigenvalue weighted by Gasteiger charge is 2.13. The Morgan fingerprint density at radius 2 is 1.81 bits per heavy atom. The second kappa shape index (κ2) is 4.05. The lowest BCUT2D eigenvalue weighted by molar-refractivity contribution is 0.111. The Labute approximate surface area is 92.4 Å². The fraction of sp³-hybridized carbons (Fsp3) is 0. The molecule has 0 unspecified atom stereocenters. The van der Waals surface area contributed by atoms with Crippen LogP contribution in [0, 0.1) is 17.5 Å². The third kappa shape index (κ3) is 1.83. The van der Waals surface area contributed by atoms with Gasteiger partial charge in [-0.3, -0.25) is 4.79 Å².